The van der Waals surface area contributed by atoms with Crippen molar-refractivity contribution in [3.05, 3.63) is 42.5 Å². The standard InChI is InChI=1S/C14H17N5OS/c1-4-9-19-14(16-17-18-19)21-11(3)13(20)15-12-8-6-5-7-10(12)2/h4-8,11H,1,9H2,2-3H3,(H,15,20). The lowest BCUT2D eigenvalue weighted by molar-refractivity contribution is -0.115. The van der Waals surface area contributed by atoms with Crippen LogP contribution in [0, 0.1) is 6.92 Å². The zero-order chi connectivity index (χ0) is 15.2. The highest BCUT2D eigenvalue weighted by Crippen LogP contribution is 2.22. The lowest BCUT2D eigenvalue weighted by atomic mass is 10.2. The number of tetrazole rings is 1. The minimum absolute atomic E-state index is 0.0811. The summed E-state index contributed by atoms with van der Waals surface area (Å²) >= 11 is 1.32. The van der Waals surface area contributed by atoms with Gasteiger partial charge in [0.15, 0.2) is 0 Å². The number of aromatic nitrogens is 4. The van der Waals surface area contributed by atoms with E-state index in [0.717, 1.165) is 11.3 Å². The maximum atomic E-state index is 12.2. The van der Waals surface area contributed by atoms with Gasteiger partial charge in [0.1, 0.15) is 0 Å². The quantitative estimate of drug-likeness (QED) is 0.655. The minimum Gasteiger partial charge on any atom is -0.325 e. The van der Waals surface area contributed by atoms with Crippen molar-refractivity contribution in [2.24, 2.45) is 0 Å². The molecule has 110 valence electrons. The zero-order valence-corrected chi connectivity index (χ0v) is 12.8. The molecule has 6 nitrogen and oxygen atoms in total. The Balaban J connectivity index is 2.01. The summed E-state index contributed by atoms with van der Waals surface area (Å²) in [6, 6.07) is 7.67. The van der Waals surface area contributed by atoms with Crippen LogP contribution in [0.2, 0.25) is 0 Å². The largest absolute Gasteiger partial charge is 0.325 e. The van der Waals surface area contributed by atoms with Gasteiger partial charge in [-0.25, -0.2) is 4.68 Å². The third kappa shape index (κ3) is 3.91. The fourth-order valence-corrected chi connectivity index (χ4v) is 2.48. The topological polar surface area (TPSA) is 72.7 Å². The molecule has 0 fully saturated rings. The van der Waals surface area contributed by atoms with Crippen molar-refractivity contribution in [3.63, 3.8) is 0 Å². The van der Waals surface area contributed by atoms with E-state index in [9.17, 15) is 4.79 Å². The van der Waals surface area contributed by atoms with Gasteiger partial charge in [-0.3, -0.25) is 4.79 Å². The number of anilines is 1. The van der Waals surface area contributed by atoms with Crippen molar-refractivity contribution in [3.8, 4) is 0 Å². The van der Waals surface area contributed by atoms with Gasteiger partial charge in [0, 0.05) is 5.69 Å². The first kappa shape index (κ1) is 15.2. The van der Waals surface area contributed by atoms with Crippen molar-refractivity contribution in [1.82, 2.24) is 20.2 Å². The lowest BCUT2D eigenvalue weighted by Gasteiger charge is -2.12. The van der Waals surface area contributed by atoms with E-state index in [-0.39, 0.29) is 11.2 Å². The zero-order valence-electron chi connectivity index (χ0n) is 12.0. The van der Waals surface area contributed by atoms with E-state index in [1.165, 1.54) is 11.8 Å². The van der Waals surface area contributed by atoms with Crippen molar-refractivity contribution >= 4 is 23.4 Å². The highest BCUT2D eigenvalue weighted by Gasteiger charge is 2.18. The molecule has 0 saturated carbocycles. The van der Waals surface area contributed by atoms with Gasteiger partial charge in [-0.2, -0.15) is 0 Å². The molecule has 2 aromatic rings. The van der Waals surface area contributed by atoms with Crippen LogP contribution >= 0.6 is 11.8 Å². The fourth-order valence-electron chi connectivity index (χ4n) is 1.68. The second-order valence-corrected chi connectivity index (χ2v) is 5.80. The number of nitrogens with one attached hydrogen (secondary N) is 1. The second-order valence-electron chi connectivity index (χ2n) is 4.50. The summed E-state index contributed by atoms with van der Waals surface area (Å²) in [6.07, 6.45) is 1.71. The molecule has 0 radical (unpaired) electrons. The first-order valence-electron chi connectivity index (χ1n) is 6.52. The van der Waals surface area contributed by atoms with Crippen LogP contribution in [-0.2, 0) is 11.3 Å². The van der Waals surface area contributed by atoms with Crippen molar-refractivity contribution in [2.75, 3.05) is 5.32 Å². The van der Waals surface area contributed by atoms with E-state index in [2.05, 4.69) is 27.4 Å². The predicted octanol–water partition coefficient (Wildman–Crippen LogP) is 2.29. The lowest BCUT2D eigenvalue weighted by Crippen LogP contribution is -2.23. The number of nitrogens with zero attached hydrogens (tertiary/aromatic N) is 4. The molecule has 1 aromatic carbocycles. The van der Waals surface area contributed by atoms with Crippen LogP contribution in [0.3, 0.4) is 0 Å². The van der Waals surface area contributed by atoms with Crippen LogP contribution in [0.5, 0.6) is 0 Å². The molecule has 1 heterocycles. The smallest absolute Gasteiger partial charge is 0.237 e. The highest BCUT2D eigenvalue weighted by atomic mass is 32.2. The molecule has 1 aromatic heterocycles. The number of hydrogen-bond donors (Lipinski definition) is 1. The summed E-state index contributed by atoms with van der Waals surface area (Å²) in [7, 11) is 0. The molecular formula is C14H17N5OS. The Hall–Kier alpha value is -2.15. The van der Waals surface area contributed by atoms with Gasteiger partial charge in [0.05, 0.1) is 11.8 Å². The number of benzene rings is 1. The number of para-hydroxylation sites is 1. The number of hydrogen-bond acceptors (Lipinski definition) is 5. The number of thioether (sulfide) groups is 1. The number of amides is 1. The average molecular weight is 303 g/mol. The molecule has 1 atom stereocenters. The molecule has 0 aliphatic rings. The van der Waals surface area contributed by atoms with E-state index >= 15 is 0 Å². The van der Waals surface area contributed by atoms with Gasteiger partial charge < -0.3 is 5.32 Å². The number of rotatable bonds is 6. The van der Waals surface area contributed by atoms with Gasteiger partial charge in [-0.1, -0.05) is 36.0 Å². The third-order valence-corrected chi connectivity index (χ3v) is 3.93. The van der Waals surface area contributed by atoms with E-state index in [1.807, 2.05) is 38.1 Å². The molecule has 0 aliphatic heterocycles. The van der Waals surface area contributed by atoms with Crippen LogP contribution in [0.1, 0.15) is 12.5 Å². The molecule has 1 unspecified atom stereocenters. The average Bonchev–Trinajstić information content (AvgIpc) is 2.89. The Morgan fingerprint density at radius 1 is 1.52 bits per heavy atom. The van der Waals surface area contributed by atoms with Crippen LogP contribution < -0.4 is 5.32 Å². The van der Waals surface area contributed by atoms with Crippen LogP contribution in [0.25, 0.3) is 0 Å². The molecule has 2 rings (SSSR count). The molecule has 7 heteroatoms. The molecule has 0 bridgehead atoms. The van der Waals surface area contributed by atoms with Crippen LogP contribution in [0.15, 0.2) is 42.1 Å². The van der Waals surface area contributed by atoms with Crippen molar-refractivity contribution in [1.29, 1.82) is 0 Å². The van der Waals surface area contributed by atoms with Gasteiger partial charge in [0.25, 0.3) is 0 Å². The van der Waals surface area contributed by atoms with E-state index in [1.54, 1.807) is 10.8 Å². The molecule has 0 saturated heterocycles. The van der Waals surface area contributed by atoms with Gasteiger partial charge in [-0.05, 0) is 35.9 Å². The van der Waals surface area contributed by atoms with Crippen LogP contribution in [0.4, 0.5) is 5.69 Å². The van der Waals surface area contributed by atoms with E-state index < -0.39 is 0 Å². The summed E-state index contributed by atoms with van der Waals surface area (Å²) in [6.45, 7) is 7.95. The first-order chi connectivity index (χ1) is 10.1. The summed E-state index contributed by atoms with van der Waals surface area (Å²) < 4.78 is 1.61. The van der Waals surface area contributed by atoms with Crippen molar-refractivity contribution < 1.29 is 4.79 Å². The van der Waals surface area contributed by atoms with Gasteiger partial charge >= 0.3 is 0 Å². The third-order valence-electron chi connectivity index (χ3n) is 2.86. The summed E-state index contributed by atoms with van der Waals surface area (Å²) in [5, 5.41) is 14.6. The monoisotopic (exact) mass is 303 g/mol. The van der Waals surface area contributed by atoms with Gasteiger partial charge in [0.2, 0.25) is 11.1 Å². The molecule has 1 N–H and O–H groups in total. The number of allylic oxidation sites excluding steroid dienone is 1. The second kappa shape index (κ2) is 7.03. The predicted molar refractivity (Wildman–Crippen MR) is 83.1 cm³/mol. The summed E-state index contributed by atoms with van der Waals surface area (Å²) in [5.74, 6) is -0.0811. The number of aryl methyl sites for hydroxylation is 1. The van der Waals surface area contributed by atoms with Crippen molar-refractivity contribution in [2.45, 2.75) is 30.8 Å². The van der Waals surface area contributed by atoms with E-state index in [4.69, 9.17) is 0 Å². The minimum atomic E-state index is -0.306. The Kier molecular flexibility index (Phi) is 5.10. The maximum Gasteiger partial charge on any atom is 0.237 e. The Bertz CT molecular complexity index is 640. The molecule has 1 amide bonds. The molecule has 0 spiro atoms. The Morgan fingerprint density at radius 3 is 3.00 bits per heavy atom. The fraction of sp³-hybridized carbons (Fsp3) is 0.286. The number of carbonyl (C=O) groups is 1. The van der Waals surface area contributed by atoms with Crippen LogP contribution in [-0.4, -0.2) is 31.4 Å². The number of carbonyl (C=O) groups excluding carboxylic acids is 1. The molecule has 21 heavy (non-hydrogen) atoms. The Labute approximate surface area is 127 Å². The van der Waals surface area contributed by atoms with Gasteiger partial charge in [-0.15, -0.1) is 11.7 Å². The highest BCUT2D eigenvalue weighted by molar-refractivity contribution is 8.00. The normalized spacial score (nSPS) is 11.9. The van der Waals surface area contributed by atoms with E-state index in [0.29, 0.717) is 11.7 Å². The molecular weight excluding hydrogens is 286 g/mol. The SMILES string of the molecule is C=CCn1nnnc1SC(C)C(=O)Nc1ccccc1C. The summed E-state index contributed by atoms with van der Waals surface area (Å²) in [4.78, 5) is 12.2. The first-order valence-corrected chi connectivity index (χ1v) is 7.40. The maximum absolute atomic E-state index is 12.2. The molecule has 0 aliphatic carbocycles. The Morgan fingerprint density at radius 2 is 2.29 bits per heavy atom. The summed E-state index contributed by atoms with van der Waals surface area (Å²) in [5.41, 5.74) is 1.85.